The van der Waals surface area contributed by atoms with Gasteiger partial charge in [0.15, 0.2) is 5.11 Å². The first kappa shape index (κ1) is 23.6. The van der Waals surface area contributed by atoms with Crippen LogP contribution in [-0.2, 0) is 9.53 Å². The lowest BCUT2D eigenvalue weighted by Gasteiger charge is -2.13. The first-order chi connectivity index (χ1) is 15.0. The number of benzene rings is 2. The molecule has 31 heavy (non-hydrogen) atoms. The fourth-order valence-corrected chi connectivity index (χ4v) is 3.68. The summed E-state index contributed by atoms with van der Waals surface area (Å²) in [6.45, 7) is 1.66. The molecule has 1 saturated heterocycles. The molecule has 0 bridgehead atoms. The summed E-state index contributed by atoms with van der Waals surface area (Å²) in [7, 11) is 0. The molecule has 3 rings (SSSR count). The first-order valence-electron chi connectivity index (χ1n) is 10.0. The number of carbonyl (C=O) groups excluding carboxylic acids is 1. The molecule has 0 radical (unpaired) electrons. The molecule has 1 aliphatic heterocycles. The van der Waals surface area contributed by atoms with Gasteiger partial charge in [0.2, 0.25) is 5.91 Å². The third-order valence-corrected chi connectivity index (χ3v) is 5.24. The zero-order valence-electron chi connectivity index (χ0n) is 16.9. The van der Waals surface area contributed by atoms with Crippen LogP contribution in [0.3, 0.4) is 0 Å². The number of rotatable bonds is 9. The van der Waals surface area contributed by atoms with Crippen molar-refractivity contribution in [2.75, 3.05) is 25.1 Å². The summed E-state index contributed by atoms with van der Waals surface area (Å²) in [5.41, 5.74) is 0.732. The highest BCUT2D eigenvalue weighted by molar-refractivity contribution is 7.80. The van der Waals surface area contributed by atoms with E-state index < -0.39 is 0 Å². The van der Waals surface area contributed by atoms with E-state index in [4.69, 9.17) is 49.6 Å². The lowest BCUT2D eigenvalue weighted by molar-refractivity contribution is -0.119. The second-order valence-electron chi connectivity index (χ2n) is 7.00. The van der Waals surface area contributed by atoms with Gasteiger partial charge in [-0.05, 0) is 61.8 Å². The number of carbonyl (C=O) groups is 1. The molecule has 1 aliphatic rings. The van der Waals surface area contributed by atoms with Gasteiger partial charge in [-0.1, -0.05) is 29.3 Å². The summed E-state index contributed by atoms with van der Waals surface area (Å²) < 4.78 is 16.9. The largest absolute Gasteiger partial charge is 0.492 e. The smallest absolute Gasteiger partial charge is 0.226 e. The number of halogens is 2. The third kappa shape index (κ3) is 8.18. The van der Waals surface area contributed by atoms with Crippen molar-refractivity contribution >= 4 is 52.1 Å². The van der Waals surface area contributed by atoms with Crippen molar-refractivity contribution in [2.24, 2.45) is 0 Å². The van der Waals surface area contributed by atoms with Crippen LogP contribution in [0.2, 0.25) is 10.0 Å². The van der Waals surface area contributed by atoms with Crippen LogP contribution in [0.4, 0.5) is 5.69 Å². The minimum Gasteiger partial charge on any atom is -0.492 e. The lowest BCUT2D eigenvalue weighted by Crippen LogP contribution is -2.34. The molecule has 1 atom stereocenters. The van der Waals surface area contributed by atoms with Crippen molar-refractivity contribution in [3.63, 3.8) is 0 Å². The van der Waals surface area contributed by atoms with Crippen molar-refractivity contribution in [1.82, 2.24) is 5.32 Å². The van der Waals surface area contributed by atoms with Crippen LogP contribution in [0, 0.1) is 0 Å². The average molecular weight is 483 g/mol. The molecule has 6 nitrogen and oxygen atoms in total. The van der Waals surface area contributed by atoms with E-state index in [2.05, 4.69) is 10.6 Å². The number of nitrogens with one attached hydrogen (secondary N) is 2. The molecule has 9 heteroatoms. The number of ether oxygens (including phenoxy) is 3. The lowest BCUT2D eigenvalue weighted by atomic mass is 10.2. The van der Waals surface area contributed by atoms with Gasteiger partial charge >= 0.3 is 0 Å². The highest BCUT2D eigenvalue weighted by atomic mass is 35.5. The Morgan fingerprint density at radius 2 is 2.06 bits per heavy atom. The van der Waals surface area contributed by atoms with E-state index in [0.29, 0.717) is 41.2 Å². The second kappa shape index (κ2) is 12.1. The number of hydrogen-bond donors (Lipinski definition) is 2. The second-order valence-corrected chi connectivity index (χ2v) is 8.25. The van der Waals surface area contributed by atoms with Crippen molar-refractivity contribution < 1.29 is 19.0 Å². The molecule has 1 unspecified atom stereocenters. The van der Waals surface area contributed by atoms with Crippen LogP contribution < -0.4 is 20.1 Å². The highest BCUT2D eigenvalue weighted by Gasteiger charge is 2.16. The number of anilines is 1. The van der Waals surface area contributed by atoms with Crippen molar-refractivity contribution in [2.45, 2.75) is 31.8 Å². The fourth-order valence-electron chi connectivity index (χ4n) is 2.99. The third-order valence-electron chi connectivity index (χ3n) is 4.50. The molecule has 1 amide bonds. The highest BCUT2D eigenvalue weighted by Crippen LogP contribution is 2.27. The van der Waals surface area contributed by atoms with Gasteiger partial charge in [-0.2, -0.15) is 0 Å². The molecule has 0 spiro atoms. The van der Waals surface area contributed by atoms with Crippen LogP contribution in [0.5, 0.6) is 11.5 Å². The van der Waals surface area contributed by atoms with Crippen LogP contribution in [0.1, 0.15) is 25.7 Å². The standard InChI is InChI=1S/C22H24Cl2N2O4S/c23-15-8-9-20(19(24)12-15)29-11-3-7-21(27)26-22(31)25-16-4-1-5-17(13-16)30-14-18-6-2-10-28-18/h1,4-5,8-9,12-13,18H,2-3,6-7,10-11,14H2,(H2,25,26,27,31). The number of amides is 1. The van der Waals surface area contributed by atoms with E-state index in [1.165, 1.54) is 0 Å². The van der Waals surface area contributed by atoms with E-state index in [1.54, 1.807) is 18.2 Å². The molecule has 0 saturated carbocycles. The fraction of sp³-hybridized carbons (Fsp3) is 0.364. The van der Waals surface area contributed by atoms with Gasteiger partial charge < -0.3 is 24.8 Å². The maximum absolute atomic E-state index is 12.1. The summed E-state index contributed by atoms with van der Waals surface area (Å²) in [6, 6.07) is 12.4. The van der Waals surface area contributed by atoms with E-state index in [1.807, 2.05) is 24.3 Å². The van der Waals surface area contributed by atoms with E-state index in [-0.39, 0.29) is 23.5 Å². The molecule has 0 aromatic heterocycles. The van der Waals surface area contributed by atoms with Gasteiger partial charge in [0.05, 0.1) is 17.7 Å². The zero-order chi connectivity index (χ0) is 22.1. The molecule has 2 aromatic rings. The molecule has 166 valence electrons. The molecule has 1 heterocycles. The van der Waals surface area contributed by atoms with E-state index >= 15 is 0 Å². The zero-order valence-corrected chi connectivity index (χ0v) is 19.2. The van der Waals surface area contributed by atoms with Gasteiger partial charge in [-0.3, -0.25) is 4.79 Å². The molecule has 2 N–H and O–H groups in total. The van der Waals surface area contributed by atoms with Crippen molar-refractivity contribution in [3.8, 4) is 11.5 Å². The summed E-state index contributed by atoms with van der Waals surface area (Å²) in [6.07, 6.45) is 3.02. The number of hydrogen-bond acceptors (Lipinski definition) is 5. The Balaban J connectivity index is 1.35. The normalized spacial score (nSPS) is 15.4. The summed E-state index contributed by atoms with van der Waals surface area (Å²) in [5, 5.41) is 6.86. The summed E-state index contributed by atoms with van der Waals surface area (Å²) >= 11 is 17.1. The van der Waals surface area contributed by atoms with Gasteiger partial charge in [-0.15, -0.1) is 0 Å². The Kier molecular flexibility index (Phi) is 9.21. The van der Waals surface area contributed by atoms with Gasteiger partial charge in [0.1, 0.15) is 18.1 Å². The Bertz CT molecular complexity index is 907. The average Bonchev–Trinajstić information content (AvgIpc) is 3.25. The van der Waals surface area contributed by atoms with Crippen molar-refractivity contribution in [3.05, 3.63) is 52.5 Å². The number of thiocarbonyl (C=S) groups is 1. The maximum Gasteiger partial charge on any atom is 0.226 e. The van der Waals surface area contributed by atoms with Gasteiger partial charge in [0, 0.05) is 29.8 Å². The topological polar surface area (TPSA) is 68.8 Å². The summed E-state index contributed by atoms with van der Waals surface area (Å²) in [5.74, 6) is 1.05. The quantitative estimate of drug-likeness (QED) is 0.377. The van der Waals surface area contributed by atoms with Gasteiger partial charge in [0.25, 0.3) is 0 Å². The van der Waals surface area contributed by atoms with Crippen LogP contribution in [-0.4, -0.2) is 36.9 Å². The molecular weight excluding hydrogens is 459 g/mol. The Morgan fingerprint density at radius 3 is 2.84 bits per heavy atom. The summed E-state index contributed by atoms with van der Waals surface area (Å²) in [4.78, 5) is 12.1. The molecule has 2 aromatic carbocycles. The SMILES string of the molecule is O=C(CCCOc1ccc(Cl)cc1Cl)NC(=S)Nc1cccc(OCC2CCCO2)c1. The van der Waals surface area contributed by atoms with Crippen LogP contribution in [0.15, 0.2) is 42.5 Å². The van der Waals surface area contributed by atoms with Crippen LogP contribution >= 0.6 is 35.4 Å². The molecular formula is C22H24Cl2N2O4S. The van der Waals surface area contributed by atoms with E-state index in [0.717, 1.165) is 25.1 Å². The molecule has 0 aliphatic carbocycles. The maximum atomic E-state index is 12.1. The molecule has 1 fully saturated rings. The monoisotopic (exact) mass is 482 g/mol. The van der Waals surface area contributed by atoms with Crippen LogP contribution in [0.25, 0.3) is 0 Å². The Labute approximate surface area is 197 Å². The predicted octanol–water partition coefficient (Wildman–Crippen LogP) is 5.22. The minimum atomic E-state index is -0.200. The Morgan fingerprint density at radius 1 is 1.19 bits per heavy atom. The predicted molar refractivity (Wildman–Crippen MR) is 126 cm³/mol. The first-order valence-corrected chi connectivity index (χ1v) is 11.2. The van der Waals surface area contributed by atoms with Crippen molar-refractivity contribution in [1.29, 1.82) is 0 Å². The van der Waals surface area contributed by atoms with E-state index in [9.17, 15) is 4.79 Å². The van der Waals surface area contributed by atoms with Gasteiger partial charge in [-0.25, -0.2) is 0 Å². The Hall–Kier alpha value is -2.06. The minimum absolute atomic E-state index is 0.150.